The van der Waals surface area contributed by atoms with E-state index in [0.29, 0.717) is 71.4 Å². The molecule has 1 aliphatic carbocycles. The quantitative estimate of drug-likeness (QED) is 0.122. The van der Waals surface area contributed by atoms with Crippen molar-refractivity contribution in [1.29, 1.82) is 0 Å². The van der Waals surface area contributed by atoms with E-state index in [1.54, 1.807) is 30.3 Å². The van der Waals surface area contributed by atoms with Gasteiger partial charge in [0.1, 0.15) is 17.5 Å². The van der Waals surface area contributed by atoms with Crippen molar-refractivity contribution in [3.05, 3.63) is 165 Å². The molecule has 3 saturated heterocycles. The number of aromatic nitrogens is 15. The van der Waals surface area contributed by atoms with Crippen LogP contribution in [0.3, 0.4) is 0 Å². The van der Waals surface area contributed by atoms with Gasteiger partial charge >= 0.3 is 0 Å². The first-order valence-electron chi connectivity index (χ1n) is 32.1. The van der Waals surface area contributed by atoms with Crippen LogP contribution < -0.4 is 14.7 Å². The van der Waals surface area contributed by atoms with Gasteiger partial charge in [-0.15, -0.1) is 19.3 Å². The second kappa shape index (κ2) is 26.6. The minimum atomic E-state index is -0.249. The number of fused-ring (bicyclic) bond motifs is 3. The maximum atomic E-state index is 11.8. The van der Waals surface area contributed by atoms with Crippen LogP contribution in [0.25, 0.3) is 83.3 Å². The number of piperazine rings is 3. The number of aryl methyl sites for hydroxylation is 4. The van der Waals surface area contributed by atoms with Gasteiger partial charge in [0.15, 0.2) is 0 Å². The normalized spacial score (nSPS) is 14.8. The van der Waals surface area contributed by atoms with Gasteiger partial charge in [-0.25, -0.2) is 28.5 Å². The van der Waals surface area contributed by atoms with Crippen LogP contribution in [0, 0.1) is 44.0 Å². The topological polar surface area (TPSA) is 215 Å². The van der Waals surface area contributed by atoms with E-state index in [1.165, 1.54) is 18.4 Å². The van der Waals surface area contributed by atoms with Crippen LogP contribution in [0.15, 0.2) is 154 Å². The van der Waals surface area contributed by atoms with Crippen molar-refractivity contribution in [3.8, 4) is 104 Å². The molecule has 12 aromatic heterocycles. The minimum Gasteiger partial charge on any atom is -0.353 e. The summed E-state index contributed by atoms with van der Waals surface area (Å²) in [5.74, 6) is 9.13. The smallest absolute Gasteiger partial charge is 0.298 e. The number of rotatable bonds is 10. The average molecular weight is 1290 g/mol. The van der Waals surface area contributed by atoms with Gasteiger partial charge in [0, 0.05) is 234 Å². The number of hydrogen-bond acceptors (Lipinski definition) is 15. The van der Waals surface area contributed by atoms with E-state index in [0.717, 1.165) is 119 Å². The predicted molar refractivity (Wildman–Crippen MR) is 371 cm³/mol. The molecule has 4 fully saturated rings. The van der Waals surface area contributed by atoms with Gasteiger partial charge in [-0.3, -0.25) is 28.4 Å². The van der Waals surface area contributed by atoms with Crippen molar-refractivity contribution in [2.45, 2.75) is 25.7 Å². The van der Waals surface area contributed by atoms with Crippen molar-refractivity contribution in [3.63, 3.8) is 0 Å². The third-order valence-electron chi connectivity index (χ3n) is 18.3. The molecule has 0 bridgehead atoms. The van der Waals surface area contributed by atoms with Crippen molar-refractivity contribution in [2.24, 2.45) is 21.1 Å². The molecule has 16 rings (SSSR count). The summed E-state index contributed by atoms with van der Waals surface area (Å²) in [7, 11) is 5.74. The van der Waals surface area contributed by atoms with E-state index in [1.807, 2.05) is 138 Å². The van der Waals surface area contributed by atoms with Crippen molar-refractivity contribution in [2.75, 3.05) is 93.2 Å². The zero-order valence-electron chi connectivity index (χ0n) is 54.3. The molecule has 24 nitrogen and oxygen atoms in total. The number of pyridine rings is 6. The molecule has 4 aliphatic rings. The second-order valence-electron chi connectivity index (χ2n) is 24.6. The van der Waals surface area contributed by atoms with Crippen molar-refractivity contribution < 1.29 is 14.4 Å². The van der Waals surface area contributed by atoms with Crippen LogP contribution in [0.4, 0.5) is 17.5 Å². The molecule has 1 saturated carbocycles. The molecule has 3 aliphatic heterocycles. The molecule has 0 unspecified atom stereocenters. The van der Waals surface area contributed by atoms with Crippen molar-refractivity contribution >= 4 is 51.7 Å². The van der Waals surface area contributed by atoms with Gasteiger partial charge in [-0.05, 0) is 110 Å². The zero-order chi connectivity index (χ0) is 66.8. The number of carbonyl (C=O) groups excluding carboxylic acids is 3. The lowest BCUT2D eigenvalue weighted by Crippen LogP contribution is -2.48. The number of amides is 3. The lowest BCUT2D eigenvalue weighted by molar-refractivity contribution is -0.126. The second-order valence-corrected chi connectivity index (χ2v) is 24.6. The summed E-state index contributed by atoms with van der Waals surface area (Å²) < 4.78 is 11.2. The van der Waals surface area contributed by atoms with E-state index in [9.17, 15) is 14.4 Å². The summed E-state index contributed by atoms with van der Waals surface area (Å²) in [5, 5.41) is 26.6. The number of carbonyl (C=O) groups is 3. The summed E-state index contributed by atoms with van der Waals surface area (Å²) in [6.45, 7) is 9.99. The molecular formula is C73H69N21O3. The Morgan fingerprint density at radius 1 is 0.392 bits per heavy atom. The Hall–Kier alpha value is -12.4. The highest BCUT2D eigenvalue weighted by Crippen LogP contribution is 2.45. The van der Waals surface area contributed by atoms with E-state index in [2.05, 4.69) is 114 Å². The number of hydrogen-bond donors (Lipinski definition) is 0. The fourth-order valence-electron chi connectivity index (χ4n) is 12.9. The molecule has 24 heteroatoms. The van der Waals surface area contributed by atoms with Gasteiger partial charge in [0.2, 0.25) is 0 Å². The first kappa shape index (κ1) is 62.1. The SMILES string of the molecule is C#CC(=O)N1CCN(c2ccc(-c3cc(-c4cnn(C)c4)cn4ncc(C)c34)cn2)CC1.C#CC(=O)N1CCN(c2ccc(-c3cc(-c4cnn(C)c4)cn4ncc(C5CC5)c34)cn2)CC1.C#CC(=O)N1CCN(c2ccc(-c3cc(-c4cnn(C)c4)cn4nccc34)cn2)CC1. The Balaban J connectivity index is 0.000000125. The Kier molecular flexibility index (Phi) is 17.0. The van der Waals surface area contributed by atoms with Gasteiger partial charge in [0.05, 0.1) is 47.5 Å². The minimum absolute atomic E-state index is 0.243. The Bertz CT molecular complexity index is 5040. The molecule has 0 aromatic carbocycles. The molecule has 0 spiro atoms. The standard InChI is InChI=1S/C26H25N7O.C24H23N7O.C23H21N7O/c1-3-25(34)32-10-8-31(9-11-32)24-7-6-19(13-27-24)22-12-20(21-14-28-30(2)16-21)17-33-26(22)23(15-29-33)18-4-5-18;1-4-23(32)30-9-7-29(8-10-30)22-6-5-18(13-25-22)21-11-19(20-14-26-28(3)15-20)16-31-24(21)17(2)12-27-31;1-3-23(31)29-10-8-28(9-11-29)22-5-4-17(13-24-22)20-12-18(19-14-26-27(2)15-19)16-30-21(20)6-7-25-30/h1,6-7,12-18H,4-5,8-11H2,2H3;1,5-6,11-16H,7-10H2,2-3H3;1,4-7,12-16H,8-11H2,2H3. The first-order valence-corrected chi connectivity index (χ1v) is 32.1. The molecule has 97 heavy (non-hydrogen) atoms. The molecule has 484 valence electrons. The lowest BCUT2D eigenvalue weighted by Gasteiger charge is -2.34. The van der Waals surface area contributed by atoms with E-state index < -0.39 is 0 Å². The summed E-state index contributed by atoms with van der Waals surface area (Å²) in [4.78, 5) is 61.0. The summed E-state index contributed by atoms with van der Waals surface area (Å²) >= 11 is 0. The molecule has 0 radical (unpaired) electrons. The zero-order valence-corrected chi connectivity index (χ0v) is 54.3. The highest BCUT2D eigenvalue weighted by molar-refractivity contribution is 5.94. The number of nitrogens with zero attached hydrogens (tertiary/aromatic N) is 21. The Morgan fingerprint density at radius 2 is 0.773 bits per heavy atom. The monoisotopic (exact) mass is 1290 g/mol. The van der Waals surface area contributed by atoms with Crippen LogP contribution in [-0.4, -0.2) is 184 Å². The molecule has 15 heterocycles. The molecule has 0 atom stereocenters. The summed E-state index contributed by atoms with van der Waals surface area (Å²) in [6.07, 6.45) is 47.3. The van der Waals surface area contributed by atoms with Gasteiger partial charge in [-0.2, -0.15) is 30.6 Å². The summed E-state index contributed by atoms with van der Waals surface area (Å²) in [5.41, 5.74) is 18.3. The number of anilines is 3. The van der Waals surface area contributed by atoms with Gasteiger partial charge < -0.3 is 29.4 Å². The predicted octanol–water partition coefficient (Wildman–Crippen LogP) is 7.42. The van der Waals surface area contributed by atoms with E-state index >= 15 is 0 Å². The van der Waals surface area contributed by atoms with E-state index in [-0.39, 0.29) is 17.7 Å². The van der Waals surface area contributed by atoms with Gasteiger partial charge in [-0.1, -0.05) is 0 Å². The Labute approximate surface area is 560 Å². The largest absolute Gasteiger partial charge is 0.353 e. The lowest BCUT2D eigenvalue weighted by atomic mass is 10.00. The van der Waals surface area contributed by atoms with Crippen LogP contribution in [0.5, 0.6) is 0 Å². The fraction of sp³-hybridized carbons (Fsp3) is 0.260. The molecule has 12 aromatic rings. The molecule has 3 amide bonds. The van der Waals surface area contributed by atoms with Crippen molar-refractivity contribution in [1.82, 2.24) is 87.8 Å². The maximum Gasteiger partial charge on any atom is 0.298 e. The highest BCUT2D eigenvalue weighted by Gasteiger charge is 2.30. The highest BCUT2D eigenvalue weighted by atomic mass is 16.2. The van der Waals surface area contributed by atoms with Gasteiger partial charge in [0.25, 0.3) is 17.7 Å². The summed E-state index contributed by atoms with van der Waals surface area (Å²) in [6, 6.07) is 21.0. The third kappa shape index (κ3) is 12.9. The van der Waals surface area contributed by atoms with Crippen LogP contribution in [-0.2, 0) is 35.5 Å². The van der Waals surface area contributed by atoms with E-state index in [4.69, 9.17) is 39.3 Å². The molecular weight excluding hydrogens is 1220 g/mol. The maximum absolute atomic E-state index is 11.8. The third-order valence-corrected chi connectivity index (χ3v) is 18.3. The number of terminal acetylenes is 3. The van der Waals surface area contributed by atoms with Crippen LogP contribution >= 0.6 is 0 Å². The average Bonchev–Trinajstić information content (AvgIpc) is 1.68. The first-order chi connectivity index (χ1) is 47.2. The molecule has 0 N–H and O–H groups in total. The fourth-order valence-corrected chi connectivity index (χ4v) is 12.9. The Morgan fingerprint density at radius 3 is 1.15 bits per heavy atom. The van der Waals surface area contributed by atoms with Crippen LogP contribution in [0.2, 0.25) is 0 Å². The van der Waals surface area contributed by atoms with Crippen LogP contribution in [0.1, 0.15) is 29.9 Å².